The Bertz CT molecular complexity index is 2510. The molecule has 0 N–H and O–H groups in total. The van der Waals surface area contributed by atoms with Crippen LogP contribution in [0.3, 0.4) is 0 Å². The molecule has 0 radical (unpaired) electrons. The molecule has 2 aromatic heterocycles. The number of aromatic nitrogens is 2. The summed E-state index contributed by atoms with van der Waals surface area (Å²) < 4.78 is 6.73. The van der Waals surface area contributed by atoms with Gasteiger partial charge in [0.05, 0.1) is 11.2 Å². The molecule has 0 fully saturated rings. The first-order valence-corrected chi connectivity index (χ1v) is 14.5. The standard InChI is InChI=1S/C40H24N2O/c1-2-12-26(13-3-1)29-18-10-19-32-35-24-34(30-15-6-7-16-31(30)39(35)43-38(29)32)37-33-17-8-9-20-36(33)41-40(42-37)28-22-21-25-11-4-5-14-27(25)23-28/h1-24H. The molecule has 3 nitrogen and oxygen atoms in total. The molecule has 0 saturated heterocycles. The Morgan fingerprint density at radius 1 is 0.395 bits per heavy atom. The van der Waals surface area contributed by atoms with Crippen LogP contribution in [0.5, 0.6) is 0 Å². The van der Waals surface area contributed by atoms with Crippen molar-refractivity contribution in [2.45, 2.75) is 0 Å². The second-order valence-corrected chi connectivity index (χ2v) is 11.0. The number of fused-ring (bicyclic) bond motifs is 7. The Morgan fingerprint density at radius 3 is 1.98 bits per heavy atom. The van der Waals surface area contributed by atoms with Gasteiger partial charge in [-0.05, 0) is 39.9 Å². The lowest BCUT2D eigenvalue weighted by molar-refractivity contribution is 0.674. The number of benzene rings is 7. The van der Waals surface area contributed by atoms with Gasteiger partial charge in [0.2, 0.25) is 0 Å². The third-order valence-corrected chi connectivity index (χ3v) is 8.46. The molecule has 9 aromatic rings. The Balaban J connectivity index is 1.36. The zero-order chi connectivity index (χ0) is 28.3. The van der Waals surface area contributed by atoms with E-state index < -0.39 is 0 Å². The summed E-state index contributed by atoms with van der Waals surface area (Å²) in [6.45, 7) is 0. The van der Waals surface area contributed by atoms with E-state index in [9.17, 15) is 0 Å². The lowest BCUT2D eigenvalue weighted by Crippen LogP contribution is -1.96. The molecular formula is C40H24N2O. The molecule has 200 valence electrons. The SMILES string of the molecule is c1ccc(-c2cccc3c2oc2c4ccccc4c(-c4nc(-c5ccc6ccccc6c5)nc5ccccc45)cc32)cc1. The third-order valence-electron chi connectivity index (χ3n) is 8.46. The quantitative estimate of drug-likeness (QED) is 0.220. The van der Waals surface area contributed by atoms with Crippen LogP contribution >= 0.6 is 0 Å². The largest absolute Gasteiger partial charge is 0.455 e. The van der Waals surface area contributed by atoms with Crippen molar-refractivity contribution in [2.24, 2.45) is 0 Å². The molecule has 0 spiro atoms. The second-order valence-electron chi connectivity index (χ2n) is 11.0. The molecule has 2 heterocycles. The molecular weight excluding hydrogens is 524 g/mol. The molecule has 7 aromatic carbocycles. The van der Waals surface area contributed by atoms with Crippen LogP contribution in [0, 0.1) is 0 Å². The van der Waals surface area contributed by atoms with Gasteiger partial charge in [0, 0.05) is 38.2 Å². The summed E-state index contributed by atoms with van der Waals surface area (Å²) in [5.41, 5.74) is 7.92. The van der Waals surface area contributed by atoms with E-state index in [1.807, 2.05) is 12.1 Å². The van der Waals surface area contributed by atoms with Crippen molar-refractivity contribution in [3.63, 3.8) is 0 Å². The Kier molecular flexibility index (Phi) is 5.20. The maximum absolute atomic E-state index is 6.73. The number of para-hydroxylation sites is 2. The molecule has 0 bridgehead atoms. The maximum atomic E-state index is 6.73. The predicted octanol–water partition coefficient (Wildman–Crippen LogP) is 10.8. The fraction of sp³-hybridized carbons (Fsp3) is 0. The number of nitrogens with zero attached hydrogens (tertiary/aromatic N) is 2. The Morgan fingerprint density at radius 2 is 1.09 bits per heavy atom. The van der Waals surface area contributed by atoms with Crippen molar-refractivity contribution in [3.8, 4) is 33.8 Å². The van der Waals surface area contributed by atoms with E-state index in [2.05, 4.69) is 133 Å². The van der Waals surface area contributed by atoms with E-state index in [0.717, 1.165) is 71.6 Å². The van der Waals surface area contributed by atoms with E-state index in [1.165, 1.54) is 10.8 Å². The van der Waals surface area contributed by atoms with Crippen LogP contribution in [-0.2, 0) is 0 Å². The second kappa shape index (κ2) is 9.37. The van der Waals surface area contributed by atoms with Crippen molar-refractivity contribution in [1.29, 1.82) is 0 Å². The first kappa shape index (κ1) is 23.9. The van der Waals surface area contributed by atoms with Crippen LogP contribution in [0.25, 0.3) is 88.2 Å². The summed E-state index contributed by atoms with van der Waals surface area (Å²) in [4.78, 5) is 10.3. The van der Waals surface area contributed by atoms with Crippen molar-refractivity contribution >= 4 is 54.4 Å². The lowest BCUT2D eigenvalue weighted by atomic mass is 9.95. The van der Waals surface area contributed by atoms with E-state index in [4.69, 9.17) is 14.4 Å². The normalized spacial score (nSPS) is 11.7. The van der Waals surface area contributed by atoms with Gasteiger partial charge in [0.15, 0.2) is 5.82 Å². The number of rotatable bonds is 3. The van der Waals surface area contributed by atoms with Crippen molar-refractivity contribution in [2.75, 3.05) is 0 Å². The smallest absolute Gasteiger partial charge is 0.160 e. The van der Waals surface area contributed by atoms with Crippen LogP contribution in [0.2, 0.25) is 0 Å². The van der Waals surface area contributed by atoms with Crippen molar-refractivity contribution in [3.05, 3.63) is 146 Å². The summed E-state index contributed by atoms with van der Waals surface area (Å²) in [7, 11) is 0. The van der Waals surface area contributed by atoms with Crippen LogP contribution in [0.1, 0.15) is 0 Å². The topological polar surface area (TPSA) is 38.9 Å². The summed E-state index contributed by atoms with van der Waals surface area (Å²) in [6.07, 6.45) is 0. The number of hydrogen-bond acceptors (Lipinski definition) is 3. The molecule has 0 saturated carbocycles. The van der Waals surface area contributed by atoms with Crippen molar-refractivity contribution < 1.29 is 4.42 Å². The number of hydrogen-bond donors (Lipinski definition) is 0. The van der Waals surface area contributed by atoms with Crippen molar-refractivity contribution in [1.82, 2.24) is 9.97 Å². The minimum atomic E-state index is 0.715. The van der Waals surface area contributed by atoms with Gasteiger partial charge in [-0.25, -0.2) is 9.97 Å². The highest BCUT2D eigenvalue weighted by Crippen LogP contribution is 2.43. The van der Waals surface area contributed by atoms with Crippen LogP contribution < -0.4 is 0 Å². The highest BCUT2D eigenvalue weighted by molar-refractivity contribution is 6.21. The summed E-state index contributed by atoms with van der Waals surface area (Å²) in [5.74, 6) is 0.715. The van der Waals surface area contributed by atoms with Gasteiger partial charge in [-0.2, -0.15) is 0 Å². The van der Waals surface area contributed by atoms with Gasteiger partial charge in [-0.1, -0.05) is 127 Å². The third kappa shape index (κ3) is 3.75. The molecule has 0 aliphatic rings. The van der Waals surface area contributed by atoms with Crippen LogP contribution in [-0.4, -0.2) is 9.97 Å². The molecule has 3 heteroatoms. The van der Waals surface area contributed by atoms with Gasteiger partial charge >= 0.3 is 0 Å². The highest BCUT2D eigenvalue weighted by atomic mass is 16.3. The average Bonchev–Trinajstić information content (AvgIpc) is 3.47. The molecule has 43 heavy (non-hydrogen) atoms. The summed E-state index contributed by atoms with van der Waals surface area (Å²) in [6, 6.07) is 50.7. The van der Waals surface area contributed by atoms with E-state index in [1.54, 1.807) is 0 Å². The molecule has 9 rings (SSSR count). The van der Waals surface area contributed by atoms with E-state index in [0.29, 0.717) is 5.82 Å². The zero-order valence-corrected chi connectivity index (χ0v) is 23.2. The molecule has 0 amide bonds. The maximum Gasteiger partial charge on any atom is 0.160 e. The Hall–Kier alpha value is -5.80. The van der Waals surface area contributed by atoms with Gasteiger partial charge in [-0.15, -0.1) is 0 Å². The van der Waals surface area contributed by atoms with Crippen LogP contribution in [0.15, 0.2) is 150 Å². The zero-order valence-electron chi connectivity index (χ0n) is 23.2. The highest BCUT2D eigenvalue weighted by Gasteiger charge is 2.20. The van der Waals surface area contributed by atoms with Gasteiger partial charge < -0.3 is 4.42 Å². The van der Waals surface area contributed by atoms with Gasteiger partial charge in [0.1, 0.15) is 11.2 Å². The predicted molar refractivity (Wildman–Crippen MR) is 178 cm³/mol. The van der Waals surface area contributed by atoms with Gasteiger partial charge in [0.25, 0.3) is 0 Å². The minimum absolute atomic E-state index is 0.715. The van der Waals surface area contributed by atoms with Gasteiger partial charge in [-0.3, -0.25) is 0 Å². The fourth-order valence-electron chi connectivity index (χ4n) is 6.40. The average molecular weight is 549 g/mol. The lowest BCUT2D eigenvalue weighted by Gasteiger charge is -2.12. The molecule has 0 atom stereocenters. The summed E-state index contributed by atoms with van der Waals surface area (Å²) in [5, 5.41) is 7.74. The minimum Gasteiger partial charge on any atom is -0.455 e. The monoisotopic (exact) mass is 548 g/mol. The first-order valence-electron chi connectivity index (χ1n) is 14.5. The molecule has 0 aliphatic heterocycles. The van der Waals surface area contributed by atoms with Crippen LogP contribution in [0.4, 0.5) is 0 Å². The molecule has 0 aliphatic carbocycles. The molecule has 0 unspecified atom stereocenters. The summed E-state index contributed by atoms with van der Waals surface area (Å²) >= 11 is 0. The fourth-order valence-corrected chi connectivity index (χ4v) is 6.40. The van der Waals surface area contributed by atoms with E-state index in [-0.39, 0.29) is 0 Å². The number of furan rings is 1. The van der Waals surface area contributed by atoms with E-state index >= 15 is 0 Å². The first-order chi connectivity index (χ1) is 21.3. The Labute approximate surface area is 247 Å².